The summed E-state index contributed by atoms with van der Waals surface area (Å²) in [5.74, 6) is 1.23. The van der Waals surface area contributed by atoms with Crippen LogP contribution in [0.25, 0.3) is 0 Å². The molecule has 2 rings (SSSR count). The molecule has 0 atom stereocenters. The zero-order valence-corrected chi connectivity index (χ0v) is 13.1. The first kappa shape index (κ1) is 16.1. The van der Waals surface area contributed by atoms with Crippen LogP contribution < -0.4 is 10.1 Å². The van der Waals surface area contributed by atoms with Gasteiger partial charge in [0.2, 0.25) is 0 Å². The van der Waals surface area contributed by atoms with E-state index < -0.39 is 0 Å². The molecule has 0 saturated heterocycles. The topological polar surface area (TPSA) is 67.0 Å². The van der Waals surface area contributed by atoms with Crippen LogP contribution in [-0.2, 0) is 6.42 Å². The Morgan fingerprint density at radius 3 is 2.82 bits per heavy atom. The van der Waals surface area contributed by atoms with E-state index in [9.17, 15) is 4.79 Å². The van der Waals surface area contributed by atoms with Crippen LogP contribution in [0, 0.1) is 5.92 Å². The van der Waals surface area contributed by atoms with Gasteiger partial charge in [0.15, 0.2) is 0 Å². The normalized spacial score (nSPS) is 10.7. The van der Waals surface area contributed by atoms with E-state index in [0.717, 1.165) is 24.3 Å². The Morgan fingerprint density at radius 2 is 2.09 bits per heavy atom. The van der Waals surface area contributed by atoms with Crippen LogP contribution in [0.4, 0.5) is 0 Å². The van der Waals surface area contributed by atoms with E-state index in [2.05, 4.69) is 29.4 Å². The summed E-state index contributed by atoms with van der Waals surface area (Å²) < 4.78 is 5.57. The molecule has 118 valence electrons. The van der Waals surface area contributed by atoms with Crippen LogP contribution in [0.3, 0.4) is 0 Å². The third-order valence-corrected chi connectivity index (χ3v) is 3.11. The minimum atomic E-state index is -0.147. The molecule has 1 heterocycles. The fraction of sp³-hybridized carbons (Fsp3) is 0.412. The maximum absolute atomic E-state index is 11.9. The van der Waals surface area contributed by atoms with E-state index in [1.165, 1.54) is 0 Å². The van der Waals surface area contributed by atoms with Crippen molar-refractivity contribution in [2.45, 2.75) is 26.7 Å². The number of ether oxygens (including phenoxy) is 1. The lowest BCUT2D eigenvalue weighted by molar-refractivity contribution is 0.0946. The van der Waals surface area contributed by atoms with Crippen molar-refractivity contribution in [1.82, 2.24) is 15.5 Å². The van der Waals surface area contributed by atoms with Crippen LogP contribution in [0.5, 0.6) is 5.75 Å². The van der Waals surface area contributed by atoms with E-state index in [0.29, 0.717) is 24.8 Å². The van der Waals surface area contributed by atoms with Gasteiger partial charge in [0, 0.05) is 12.2 Å². The van der Waals surface area contributed by atoms with E-state index >= 15 is 0 Å². The molecule has 0 bridgehead atoms. The third-order valence-electron chi connectivity index (χ3n) is 3.11. The van der Waals surface area contributed by atoms with Gasteiger partial charge in [-0.15, -0.1) is 0 Å². The summed E-state index contributed by atoms with van der Waals surface area (Å²) >= 11 is 0. The van der Waals surface area contributed by atoms with Crippen LogP contribution in [0.15, 0.2) is 36.4 Å². The van der Waals surface area contributed by atoms with E-state index in [-0.39, 0.29) is 5.91 Å². The summed E-state index contributed by atoms with van der Waals surface area (Å²) in [5.41, 5.74) is 1.44. The van der Waals surface area contributed by atoms with E-state index in [1.807, 2.05) is 36.4 Å². The highest BCUT2D eigenvalue weighted by Gasteiger charge is 2.10. The molecule has 2 N–H and O–H groups in total. The van der Waals surface area contributed by atoms with Crippen molar-refractivity contribution in [2.75, 3.05) is 13.2 Å². The van der Waals surface area contributed by atoms with Gasteiger partial charge >= 0.3 is 0 Å². The number of carbonyl (C=O) groups excluding carboxylic acids is 1. The van der Waals surface area contributed by atoms with Gasteiger partial charge in [-0.3, -0.25) is 9.89 Å². The third kappa shape index (κ3) is 5.24. The summed E-state index contributed by atoms with van der Waals surface area (Å²) in [4.78, 5) is 11.9. The molecule has 22 heavy (non-hydrogen) atoms. The van der Waals surface area contributed by atoms with Gasteiger partial charge in [-0.25, -0.2) is 0 Å². The predicted octanol–water partition coefficient (Wildman–Crippen LogP) is 2.81. The Labute approximate surface area is 131 Å². The van der Waals surface area contributed by atoms with Crippen molar-refractivity contribution in [3.63, 3.8) is 0 Å². The first-order valence-electron chi connectivity index (χ1n) is 7.65. The lowest BCUT2D eigenvalue weighted by Crippen LogP contribution is -2.25. The van der Waals surface area contributed by atoms with Crippen molar-refractivity contribution >= 4 is 5.91 Å². The molecule has 1 aromatic heterocycles. The van der Waals surface area contributed by atoms with Crippen LogP contribution in [0.2, 0.25) is 0 Å². The number of rotatable bonds is 8. The minimum Gasteiger partial charge on any atom is -0.494 e. The van der Waals surface area contributed by atoms with Crippen molar-refractivity contribution in [3.8, 4) is 5.75 Å². The Bertz CT molecular complexity index is 579. The zero-order valence-electron chi connectivity index (χ0n) is 13.1. The molecular formula is C17H23N3O2. The van der Waals surface area contributed by atoms with Gasteiger partial charge in [0.25, 0.3) is 5.91 Å². The highest BCUT2D eigenvalue weighted by Crippen LogP contribution is 2.08. The molecule has 1 amide bonds. The number of amides is 1. The highest BCUT2D eigenvalue weighted by atomic mass is 16.5. The van der Waals surface area contributed by atoms with Crippen molar-refractivity contribution in [3.05, 3.63) is 47.8 Å². The SMILES string of the molecule is CC(C)Cc1cc(C(=O)NCCCOc2ccccc2)n[nH]1. The van der Waals surface area contributed by atoms with E-state index in [4.69, 9.17) is 4.74 Å². The van der Waals surface area contributed by atoms with Crippen molar-refractivity contribution in [1.29, 1.82) is 0 Å². The van der Waals surface area contributed by atoms with Gasteiger partial charge in [0.1, 0.15) is 11.4 Å². The molecule has 1 aromatic carbocycles. The largest absolute Gasteiger partial charge is 0.494 e. The number of carbonyl (C=O) groups is 1. The fourth-order valence-corrected chi connectivity index (χ4v) is 2.09. The summed E-state index contributed by atoms with van der Waals surface area (Å²) in [6, 6.07) is 11.5. The number of benzene rings is 1. The molecule has 0 unspecified atom stereocenters. The zero-order chi connectivity index (χ0) is 15.8. The number of para-hydroxylation sites is 1. The van der Waals surface area contributed by atoms with Gasteiger partial charge in [-0.2, -0.15) is 5.10 Å². The molecule has 0 spiro atoms. The number of hydrogen-bond acceptors (Lipinski definition) is 3. The molecule has 0 aliphatic carbocycles. The van der Waals surface area contributed by atoms with Gasteiger partial charge in [0.05, 0.1) is 6.61 Å². The molecule has 0 saturated carbocycles. The van der Waals surface area contributed by atoms with Crippen LogP contribution in [-0.4, -0.2) is 29.3 Å². The first-order chi connectivity index (χ1) is 10.6. The average molecular weight is 301 g/mol. The first-order valence-corrected chi connectivity index (χ1v) is 7.65. The number of H-pyrrole nitrogens is 1. The standard InChI is InChI=1S/C17H23N3O2/c1-13(2)11-14-12-16(20-19-14)17(21)18-9-6-10-22-15-7-4-3-5-8-15/h3-5,7-8,12-13H,6,9-11H2,1-2H3,(H,18,21)(H,19,20). The van der Waals surface area contributed by atoms with Gasteiger partial charge in [-0.1, -0.05) is 32.0 Å². The molecule has 2 aromatic rings. The van der Waals surface area contributed by atoms with Gasteiger partial charge < -0.3 is 10.1 Å². The Balaban J connectivity index is 1.66. The van der Waals surface area contributed by atoms with Crippen LogP contribution in [0.1, 0.15) is 36.5 Å². The predicted molar refractivity (Wildman–Crippen MR) is 86.0 cm³/mol. The molecule has 0 aliphatic rings. The molecule has 5 heteroatoms. The average Bonchev–Trinajstić information content (AvgIpc) is 2.95. The Hall–Kier alpha value is -2.30. The van der Waals surface area contributed by atoms with Crippen LogP contribution >= 0.6 is 0 Å². The Kier molecular flexibility index (Phi) is 6.01. The smallest absolute Gasteiger partial charge is 0.271 e. The number of hydrogen-bond donors (Lipinski definition) is 2. The van der Waals surface area contributed by atoms with E-state index in [1.54, 1.807) is 0 Å². The highest BCUT2D eigenvalue weighted by molar-refractivity contribution is 5.92. The van der Waals surface area contributed by atoms with Gasteiger partial charge in [-0.05, 0) is 37.0 Å². The number of aromatic amines is 1. The quantitative estimate of drug-likeness (QED) is 0.737. The molecular weight excluding hydrogens is 278 g/mol. The second kappa shape index (κ2) is 8.22. The second-order valence-electron chi connectivity index (χ2n) is 5.65. The second-order valence-corrected chi connectivity index (χ2v) is 5.65. The summed E-state index contributed by atoms with van der Waals surface area (Å²) in [6.07, 6.45) is 1.65. The lowest BCUT2D eigenvalue weighted by atomic mass is 10.1. The summed E-state index contributed by atoms with van der Waals surface area (Å²) in [6.45, 7) is 5.40. The molecule has 0 aliphatic heterocycles. The summed E-state index contributed by atoms with van der Waals surface area (Å²) in [7, 11) is 0. The maximum Gasteiger partial charge on any atom is 0.271 e. The number of nitrogens with one attached hydrogen (secondary N) is 2. The molecule has 5 nitrogen and oxygen atoms in total. The maximum atomic E-state index is 11.9. The number of nitrogens with zero attached hydrogens (tertiary/aromatic N) is 1. The van der Waals surface area contributed by atoms with Crippen molar-refractivity contribution in [2.24, 2.45) is 5.92 Å². The molecule has 0 radical (unpaired) electrons. The summed E-state index contributed by atoms with van der Waals surface area (Å²) in [5, 5.41) is 9.80. The lowest BCUT2D eigenvalue weighted by Gasteiger charge is -2.06. The van der Waals surface area contributed by atoms with Crippen molar-refractivity contribution < 1.29 is 9.53 Å². The fourth-order valence-electron chi connectivity index (χ4n) is 2.09. The Morgan fingerprint density at radius 1 is 1.32 bits per heavy atom. The number of aromatic nitrogens is 2. The molecule has 0 fully saturated rings. The monoisotopic (exact) mass is 301 g/mol. The minimum absolute atomic E-state index is 0.147.